The molecule has 9 rings (SSSR count). The molecule has 0 atom stereocenters. The predicted octanol–water partition coefficient (Wildman–Crippen LogP) is 11.3. The van der Waals surface area contributed by atoms with Gasteiger partial charge in [0, 0.05) is 32.3 Å². The lowest BCUT2D eigenvalue weighted by molar-refractivity contribution is 0.666. The van der Waals surface area contributed by atoms with E-state index in [1.54, 1.807) is 0 Å². The fourth-order valence-electron chi connectivity index (χ4n) is 6.42. The number of para-hydroxylation sites is 4. The summed E-state index contributed by atoms with van der Waals surface area (Å²) in [5.74, 6) is 0. The molecule has 0 saturated heterocycles. The van der Waals surface area contributed by atoms with E-state index < -0.39 is 0 Å². The maximum Gasteiger partial charge on any atom is 0.159 e. The topological polar surface area (TPSA) is 29.5 Å². The zero-order valence-corrected chi connectivity index (χ0v) is 22.0. The molecular weight excluding hydrogens is 502 g/mol. The lowest BCUT2D eigenvalue weighted by atomic mass is 9.98. The fourth-order valence-corrected chi connectivity index (χ4v) is 6.42. The Labute approximate surface area is 235 Å². The summed E-state index contributed by atoms with van der Waals surface area (Å²) < 4.78 is 13.3. The molecule has 0 bridgehead atoms. The first-order valence-corrected chi connectivity index (χ1v) is 13.9. The van der Waals surface area contributed by atoms with Crippen LogP contribution >= 0.6 is 0 Å². The number of furan rings is 2. The second-order valence-corrected chi connectivity index (χ2v) is 10.5. The first kappa shape index (κ1) is 22.3. The van der Waals surface area contributed by atoms with Crippen molar-refractivity contribution in [2.75, 3.05) is 4.90 Å². The second kappa shape index (κ2) is 8.48. The lowest BCUT2D eigenvalue weighted by Gasteiger charge is -2.28. The molecule has 3 nitrogen and oxygen atoms in total. The van der Waals surface area contributed by atoms with Gasteiger partial charge in [0.25, 0.3) is 0 Å². The van der Waals surface area contributed by atoms with Gasteiger partial charge in [0.15, 0.2) is 11.2 Å². The molecule has 0 aliphatic carbocycles. The van der Waals surface area contributed by atoms with E-state index in [9.17, 15) is 0 Å². The molecule has 7 aromatic carbocycles. The molecule has 0 aliphatic heterocycles. The summed E-state index contributed by atoms with van der Waals surface area (Å²) in [5.41, 5.74) is 6.47. The standard InChI is InChI=1S/C38H23NO2/c1-3-13-26-24(11-1)23-25-12-2-4-14-27(25)36(26)39(32-19-9-17-30-28-15-5-7-21-34(28)40-37(30)32)33-20-10-18-31-29-16-6-8-22-35(29)41-38(31)33/h1-23H. The fraction of sp³-hybridized carbons (Fsp3) is 0. The van der Waals surface area contributed by atoms with Crippen molar-refractivity contribution < 1.29 is 8.83 Å². The van der Waals surface area contributed by atoms with Gasteiger partial charge in [0.1, 0.15) is 11.2 Å². The van der Waals surface area contributed by atoms with Crippen LogP contribution in [0.25, 0.3) is 65.4 Å². The van der Waals surface area contributed by atoms with E-state index in [1.165, 1.54) is 10.8 Å². The molecule has 2 aromatic heterocycles. The first-order valence-electron chi connectivity index (χ1n) is 13.9. The van der Waals surface area contributed by atoms with E-state index in [0.717, 1.165) is 71.7 Å². The number of anilines is 3. The molecule has 0 fully saturated rings. The van der Waals surface area contributed by atoms with Crippen molar-refractivity contribution in [3.05, 3.63) is 140 Å². The minimum atomic E-state index is 0.846. The summed E-state index contributed by atoms with van der Waals surface area (Å²) in [4.78, 5) is 2.35. The van der Waals surface area contributed by atoms with E-state index in [2.05, 4.69) is 120 Å². The van der Waals surface area contributed by atoms with Gasteiger partial charge in [-0.2, -0.15) is 0 Å². The summed E-state index contributed by atoms with van der Waals surface area (Å²) in [5, 5.41) is 9.07. The summed E-state index contributed by atoms with van der Waals surface area (Å²) in [6.45, 7) is 0. The Morgan fingerprint density at radius 3 is 1.29 bits per heavy atom. The van der Waals surface area contributed by atoms with E-state index >= 15 is 0 Å². The summed E-state index contributed by atoms with van der Waals surface area (Å²) in [7, 11) is 0. The van der Waals surface area contributed by atoms with E-state index in [1.807, 2.05) is 24.3 Å². The van der Waals surface area contributed by atoms with Crippen LogP contribution in [0.15, 0.2) is 148 Å². The number of fused-ring (bicyclic) bond motifs is 8. The molecule has 0 N–H and O–H groups in total. The van der Waals surface area contributed by atoms with Crippen LogP contribution in [0.2, 0.25) is 0 Å². The Morgan fingerprint density at radius 2 is 0.780 bits per heavy atom. The van der Waals surface area contributed by atoms with Gasteiger partial charge in [0.05, 0.1) is 17.1 Å². The van der Waals surface area contributed by atoms with Crippen LogP contribution in [0.4, 0.5) is 17.1 Å². The molecule has 0 unspecified atom stereocenters. The van der Waals surface area contributed by atoms with Gasteiger partial charge in [-0.15, -0.1) is 0 Å². The summed E-state index contributed by atoms with van der Waals surface area (Å²) >= 11 is 0. The molecule has 0 amide bonds. The Balaban J connectivity index is 1.49. The highest BCUT2D eigenvalue weighted by molar-refractivity contribution is 6.19. The van der Waals surface area contributed by atoms with Crippen LogP contribution in [0, 0.1) is 0 Å². The Hall–Kier alpha value is -5.54. The van der Waals surface area contributed by atoms with E-state index in [0.29, 0.717) is 0 Å². The summed E-state index contributed by atoms with van der Waals surface area (Å²) in [6, 6.07) is 48.9. The number of rotatable bonds is 3. The van der Waals surface area contributed by atoms with E-state index in [4.69, 9.17) is 8.83 Å². The summed E-state index contributed by atoms with van der Waals surface area (Å²) in [6.07, 6.45) is 0. The third-order valence-electron chi connectivity index (χ3n) is 8.22. The minimum absolute atomic E-state index is 0.846. The molecule has 0 saturated carbocycles. The highest BCUT2D eigenvalue weighted by Crippen LogP contribution is 2.49. The highest BCUT2D eigenvalue weighted by atomic mass is 16.3. The highest BCUT2D eigenvalue weighted by Gasteiger charge is 2.25. The largest absolute Gasteiger partial charge is 0.454 e. The molecule has 0 spiro atoms. The predicted molar refractivity (Wildman–Crippen MR) is 171 cm³/mol. The van der Waals surface area contributed by atoms with Crippen molar-refractivity contribution in [1.29, 1.82) is 0 Å². The quantitative estimate of drug-likeness (QED) is 0.215. The molecular formula is C38H23NO2. The van der Waals surface area contributed by atoms with Crippen molar-refractivity contribution in [3.63, 3.8) is 0 Å². The van der Waals surface area contributed by atoms with Gasteiger partial charge in [-0.25, -0.2) is 0 Å². The first-order chi connectivity index (χ1) is 20.3. The Kier molecular flexibility index (Phi) is 4.61. The number of benzene rings is 7. The average Bonchev–Trinajstić information content (AvgIpc) is 3.60. The van der Waals surface area contributed by atoms with Gasteiger partial charge in [0.2, 0.25) is 0 Å². The SMILES string of the molecule is c1ccc2c(N(c3cccc4c3oc3ccccc34)c3cccc4c3oc3ccccc34)c3ccccc3cc2c1. The maximum atomic E-state index is 6.63. The zero-order valence-electron chi connectivity index (χ0n) is 22.0. The normalized spacial score (nSPS) is 11.9. The lowest BCUT2D eigenvalue weighted by Crippen LogP contribution is -2.12. The van der Waals surface area contributed by atoms with E-state index in [-0.39, 0.29) is 0 Å². The minimum Gasteiger partial charge on any atom is -0.454 e. The van der Waals surface area contributed by atoms with Gasteiger partial charge in [-0.3, -0.25) is 0 Å². The number of hydrogen-bond acceptors (Lipinski definition) is 3. The molecule has 0 aliphatic rings. The molecule has 192 valence electrons. The third kappa shape index (κ3) is 3.20. The van der Waals surface area contributed by atoms with Crippen LogP contribution in [-0.2, 0) is 0 Å². The molecule has 41 heavy (non-hydrogen) atoms. The van der Waals surface area contributed by atoms with Crippen molar-refractivity contribution in [3.8, 4) is 0 Å². The van der Waals surface area contributed by atoms with Gasteiger partial charge in [-0.1, -0.05) is 109 Å². The molecule has 3 heteroatoms. The monoisotopic (exact) mass is 525 g/mol. The molecule has 0 radical (unpaired) electrons. The zero-order chi connectivity index (χ0) is 26.9. The van der Waals surface area contributed by atoms with Crippen LogP contribution in [0.1, 0.15) is 0 Å². The van der Waals surface area contributed by atoms with Crippen LogP contribution in [0.5, 0.6) is 0 Å². The van der Waals surface area contributed by atoms with Gasteiger partial charge >= 0.3 is 0 Å². The van der Waals surface area contributed by atoms with Crippen molar-refractivity contribution >= 4 is 82.5 Å². The molecule has 2 heterocycles. The van der Waals surface area contributed by atoms with Crippen molar-refractivity contribution in [2.45, 2.75) is 0 Å². The Morgan fingerprint density at radius 1 is 0.366 bits per heavy atom. The smallest absolute Gasteiger partial charge is 0.159 e. The van der Waals surface area contributed by atoms with Crippen LogP contribution in [0.3, 0.4) is 0 Å². The average molecular weight is 526 g/mol. The maximum absolute atomic E-state index is 6.63. The second-order valence-electron chi connectivity index (χ2n) is 10.5. The van der Waals surface area contributed by atoms with Crippen LogP contribution in [-0.4, -0.2) is 0 Å². The van der Waals surface area contributed by atoms with Crippen LogP contribution < -0.4 is 4.90 Å². The third-order valence-corrected chi connectivity index (χ3v) is 8.22. The van der Waals surface area contributed by atoms with Gasteiger partial charge in [-0.05, 0) is 41.1 Å². The number of hydrogen-bond donors (Lipinski definition) is 0. The van der Waals surface area contributed by atoms with Crippen molar-refractivity contribution in [2.24, 2.45) is 0 Å². The Bertz CT molecular complexity index is 2280. The van der Waals surface area contributed by atoms with Gasteiger partial charge < -0.3 is 13.7 Å². The number of nitrogens with zero attached hydrogens (tertiary/aromatic N) is 1. The molecule has 9 aromatic rings. The van der Waals surface area contributed by atoms with Crippen molar-refractivity contribution in [1.82, 2.24) is 0 Å².